The van der Waals surface area contributed by atoms with Gasteiger partial charge in [0.1, 0.15) is 12.4 Å². The number of nitrogens with zero attached hydrogens (tertiary/aromatic N) is 2. The van der Waals surface area contributed by atoms with Crippen molar-refractivity contribution in [3.05, 3.63) is 53.3 Å². The lowest BCUT2D eigenvalue weighted by Crippen LogP contribution is -2.27. The van der Waals surface area contributed by atoms with Gasteiger partial charge in [-0.3, -0.25) is 14.4 Å². The highest BCUT2D eigenvalue weighted by Crippen LogP contribution is 2.31. The number of methoxy groups -OCH3 is 1. The van der Waals surface area contributed by atoms with E-state index in [1.807, 2.05) is 6.08 Å². The Morgan fingerprint density at radius 2 is 2.03 bits per heavy atom. The summed E-state index contributed by atoms with van der Waals surface area (Å²) in [6, 6.07) is 3.21. The number of ether oxygens (including phenoxy) is 3. The molecule has 1 aliphatic rings. The third-order valence-electron chi connectivity index (χ3n) is 4.56. The van der Waals surface area contributed by atoms with Crippen LogP contribution in [0.15, 0.2) is 37.2 Å². The second-order valence-corrected chi connectivity index (χ2v) is 7.02. The number of carbonyl (C=O) groups is 2. The zero-order valence-electron chi connectivity index (χ0n) is 18.2. The molecule has 0 bridgehead atoms. The molecule has 1 aliphatic heterocycles. The Bertz CT molecular complexity index is 943. The molecule has 2 atom stereocenters. The van der Waals surface area contributed by atoms with Gasteiger partial charge in [0.15, 0.2) is 5.75 Å². The summed E-state index contributed by atoms with van der Waals surface area (Å²) in [7, 11) is 2.82. The van der Waals surface area contributed by atoms with Crippen LogP contribution in [0.4, 0.5) is 5.95 Å². The van der Waals surface area contributed by atoms with Crippen molar-refractivity contribution in [1.29, 1.82) is 0 Å². The Kier molecular flexibility index (Phi) is 10.3. The van der Waals surface area contributed by atoms with E-state index in [0.717, 1.165) is 0 Å². The number of benzene rings is 1. The van der Waals surface area contributed by atoms with Crippen LogP contribution in [0.25, 0.3) is 0 Å². The first-order valence-corrected chi connectivity index (χ1v) is 10.1. The molecule has 1 aromatic carbocycles. The Balaban J connectivity index is 0.00000122. The lowest BCUT2D eigenvalue weighted by atomic mass is 10.0. The minimum absolute atomic E-state index is 0.0847. The van der Waals surface area contributed by atoms with Crippen LogP contribution in [0, 0.1) is 5.92 Å². The molecule has 178 valence electrons. The summed E-state index contributed by atoms with van der Waals surface area (Å²) in [5.41, 5.74) is 7.31. The second-order valence-electron chi connectivity index (χ2n) is 6.64. The summed E-state index contributed by atoms with van der Waals surface area (Å²) in [6.07, 6.45) is 5.22. The van der Waals surface area contributed by atoms with Gasteiger partial charge in [0.05, 0.1) is 50.9 Å². The molecule has 2 aromatic rings. The van der Waals surface area contributed by atoms with E-state index in [1.165, 1.54) is 20.3 Å². The van der Waals surface area contributed by atoms with E-state index in [-0.39, 0.29) is 25.0 Å². The molecule has 0 saturated carbocycles. The summed E-state index contributed by atoms with van der Waals surface area (Å²) in [5.74, 6) is 1.06. The largest absolute Gasteiger partial charge is 0.495 e. The summed E-state index contributed by atoms with van der Waals surface area (Å²) in [6.45, 7) is 5.12. The Morgan fingerprint density at radius 3 is 2.64 bits per heavy atom. The first-order chi connectivity index (χ1) is 16.0. The van der Waals surface area contributed by atoms with Gasteiger partial charge in [0.25, 0.3) is 5.91 Å². The zero-order chi connectivity index (χ0) is 24.2. The van der Waals surface area contributed by atoms with E-state index < -0.39 is 5.91 Å². The van der Waals surface area contributed by atoms with Crippen molar-refractivity contribution >= 4 is 29.9 Å². The monoisotopic (exact) mass is 479 g/mol. The van der Waals surface area contributed by atoms with Gasteiger partial charge >= 0.3 is 0 Å². The van der Waals surface area contributed by atoms with Gasteiger partial charge in [-0.25, -0.2) is 15.4 Å². The highest BCUT2D eigenvalue weighted by atomic mass is 35.5. The molecule has 11 nitrogen and oxygen atoms in total. The number of hydrogen-bond acceptors (Lipinski definition) is 9. The number of amides is 2. The first kappa shape index (κ1) is 25.8. The van der Waals surface area contributed by atoms with E-state index in [0.29, 0.717) is 46.8 Å². The number of primary amides is 1. The van der Waals surface area contributed by atoms with E-state index in [9.17, 15) is 4.79 Å². The van der Waals surface area contributed by atoms with Gasteiger partial charge in [-0.1, -0.05) is 17.7 Å². The predicted molar refractivity (Wildman–Crippen MR) is 121 cm³/mol. The van der Waals surface area contributed by atoms with E-state index in [2.05, 4.69) is 37.9 Å². The number of aromatic nitrogens is 2. The number of halogens is 1. The van der Waals surface area contributed by atoms with Crippen molar-refractivity contribution in [1.82, 2.24) is 15.4 Å². The average molecular weight is 480 g/mol. The van der Waals surface area contributed by atoms with Crippen LogP contribution in [0.2, 0.25) is 5.02 Å². The third kappa shape index (κ3) is 7.31. The van der Waals surface area contributed by atoms with Crippen LogP contribution in [-0.2, 0) is 21.0 Å². The van der Waals surface area contributed by atoms with Crippen molar-refractivity contribution in [3.8, 4) is 11.5 Å². The highest BCUT2D eigenvalue weighted by Gasteiger charge is 2.26. The first-order valence-electron chi connectivity index (χ1n) is 9.74. The van der Waals surface area contributed by atoms with E-state index in [4.69, 9.17) is 30.6 Å². The van der Waals surface area contributed by atoms with Gasteiger partial charge in [-0.15, -0.1) is 6.58 Å². The fraction of sp³-hybridized carbons (Fsp3) is 0.333. The third-order valence-corrected chi connectivity index (χ3v) is 4.98. The van der Waals surface area contributed by atoms with Crippen LogP contribution < -0.4 is 26.0 Å². The molecule has 1 aromatic heterocycles. The van der Waals surface area contributed by atoms with Crippen LogP contribution in [0.3, 0.4) is 0 Å². The summed E-state index contributed by atoms with van der Waals surface area (Å²) in [5, 5.41) is 3.58. The van der Waals surface area contributed by atoms with Gasteiger partial charge in [-0.05, 0) is 12.1 Å². The van der Waals surface area contributed by atoms with Gasteiger partial charge in [-0.2, -0.15) is 0 Å². The zero-order valence-corrected chi connectivity index (χ0v) is 19.0. The molecule has 33 heavy (non-hydrogen) atoms. The second kappa shape index (κ2) is 13.2. The minimum atomic E-state index is -0.429. The molecule has 0 aliphatic carbocycles. The number of anilines is 1. The summed E-state index contributed by atoms with van der Waals surface area (Å²) in [4.78, 5) is 33.9. The van der Waals surface area contributed by atoms with Crippen LogP contribution >= 0.6 is 11.6 Å². The molecular weight excluding hydrogens is 454 g/mol. The maximum atomic E-state index is 12.1. The summed E-state index contributed by atoms with van der Waals surface area (Å²) < 4.78 is 16.4. The fourth-order valence-corrected chi connectivity index (χ4v) is 3.18. The fourth-order valence-electron chi connectivity index (χ4n) is 2.94. The highest BCUT2D eigenvalue weighted by molar-refractivity contribution is 6.33. The molecule has 1 fully saturated rings. The van der Waals surface area contributed by atoms with Gasteiger partial charge < -0.3 is 25.3 Å². The number of carbonyl (C=O) groups excluding carboxylic acids is 2. The maximum Gasteiger partial charge on any atom is 0.274 e. The van der Waals surface area contributed by atoms with E-state index >= 15 is 0 Å². The molecule has 2 amide bonds. The molecule has 2 unspecified atom stereocenters. The van der Waals surface area contributed by atoms with Crippen LogP contribution in [0.1, 0.15) is 15.9 Å². The van der Waals surface area contributed by atoms with Gasteiger partial charge in [0, 0.05) is 17.0 Å². The number of hydrogen-bond donors (Lipinski definition) is 3. The average Bonchev–Trinajstić information content (AvgIpc) is 3.27. The molecule has 0 radical (unpaired) electrons. The molecule has 4 N–H and O–H groups in total. The van der Waals surface area contributed by atoms with Crippen molar-refractivity contribution in [2.45, 2.75) is 12.6 Å². The quantitative estimate of drug-likeness (QED) is 0.278. The van der Waals surface area contributed by atoms with Crippen LogP contribution in [0.5, 0.6) is 11.5 Å². The van der Waals surface area contributed by atoms with Crippen molar-refractivity contribution < 1.29 is 28.6 Å². The standard InChI is InChI=1S/C20H23ClN4O5.CH3NO/c1-4-12-9-29-11-16(12)24-20-22-7-15(8-23-20)30-10-14-5-13(19(26)25-28-3)6-17(27-2)18(14)21;2-1-3/h4-8,12,16H,1,9-11H2,2-3H3,(H,25,26)(H,22,23,24);1H,(H2,2,3). The van der Waals surface area contributed by atoms with Crippen molar-refractivity contribution in [2.24, 2.45) is 11.7 Å². The molecule has 2 heterocycles. The Labute approximate surface area is 196 Å². The molecular formula is C21H26ClN5O6. The van der Waals surface area contributed by atoms with Gasteiger partial charge in [0.2, 0.25) is 12.4 Å². The Hall–Kier alpha value is -3.41. The normalized spacial score (nSPS) is 16.7. The molecule has 3 rings (SSSR count). The smallest absolute Gasteiger partial charge is 0.274 e. The number of hydroxylamine groups is 1. The topological polar surface area (TPSA) is 147 Å². The number of rotatable bonds is 9. The van der Waals surface area contributed by atoms with E-state index in [1.54, 1.807) is 18.5 Å². The number of nitrogens with one attached hydrogen (secondary N) is 2. The maximum absolute atomic E-state index is 12.1. The SMILES string of the molecule is C=CC1COCC1Nc1ncc(OCc2cc(C(=O)NOC)cc(OC)c2Cl)cn1.NC=O. The lowest BCUT2D eigenvalue weighted by Gasteiger charge is -2.16. The number of nitrogens with two attached hydrogens (primary N) is 1. The lowest BCUT2D eigenvalue weighted by molar-refractivity contribution is -0.106. The van der Waals surface area contributed by atoms with Crippen molar-refractivity contribution in [2.75, 3.05) is 32.8 Å². The molecule has 0 spiro atoms. The van der Waals surface area contributed by atoms with Crippen LogP contribution in [-0.4, -0.2) is 55.8 Å². The Morgan fingerprint density at radius 1 is 1.33 bits per heavy atom. The summed E-state index contributed by atoms with van der Waals surface area (Å²) >= 11 is 6.35. The van der Waals surface area contributed by atoms with Crippen molar-refractivity contribution in [3.63, 3.8) is 0 Å². The predicted octanol–water partition coefficient (Wildman–Crippen LogP) is 1.72. The molecule has 1 saturated heterocycles. The minimum Gasteiger partial charge on any atom is -0.495 e. The molecule has 12 heteroatoms.